The smallest absolute Gasteiger partial charge is 0.115 e. The Bertz CT molecular complexity index is 360. The van der Waals surface area contributed by atoms with E-state index >= 15 is 0 Å². The summed E-state index contributed by atoms with van der Waals surface area (Å²) < 4.78 is 0. The summed E-state index contributed by atoms with van der Waals surface area (Å²) >= 11 is 0. The molecule has 0 radical (unpaired) electrons. The standard InChI is InChI=1S/C12H14N4/c1-4-13-5-2-11(1)3-6-14-7-12-8-15-10-16-9-12/h1-2,4-5,8-10,14H,3,6-7H2. The molecule has 0 bridgehead atoms. The van der Waals surface area contributed by atoms with E-state index in [1.807, 2.05) is 36.9 Å². The van der Waals surface area contributed by atoms with Crippen LogP contribution in [0.5, 0.6) is 0 Å². The summed E-state index contributed by atoms with van der Waals surface area (Å²) in [6.07, 6.45) is 9.84. The second kappa shape index (κ2) is 5.92. The van der Waals surface area contributed by atoms with Crippen molar-refractivity contribution >= 4 is 0 Å². The van der Waals surface area contributed by atoms with Gasteiger partial charge in [-0.2, -0.15) is 0 Å². The molecular formula is C12H14N4. The fraction of sp³-hybridized carbons (Fsp3) is 0.250. The Morgan fingerprint density at radius 3 is 2.44 bits per heavy atom. The molecule has 0 unspecified atom stereocenters. The lowest BCUT2D eigenvalue weighted by Gasteiger charge is -2.03. The van der Waals surface area contributed by atoms with E-state index in [0.717, 1.165) is 25.1 Å². The van der Waals surface area contributed by atoms with Crippen LogP contribution in [0.2, 0.25) is 0 Å². The van der Waals surface area contributed by atoms with Gasteiger partial charge in [0.25, 0.3) is 0 Å². The van der Waals surface area contributed by atoms with Crippen molar-refractivity contribution in [3.05, 3.63) is 54.4 Å². The number of pyridine rings is 1. The molecule has 0 amide bonds. The van der Waals surface area contributed by atoms with Crippen LogP contribution >= 0.6 is 0 Å². The van der Waals surface area contributed by atoms with Crippen molar-refractivity contribution < 1.29 is 0 Å². The van der Waals surface area contributed by atoms with E-state index < -0.39 is 0 Å². The molecule has 0 fully saturated rings. The lowest BCUT2D eigenvalue weighted by Crippen LogP contribution is -2.16. The Hall–Kier alpha value is -1.81. The molecule has 1 N–H and O–H groups in total. The fourth-order valence-electron chi connectivity index (χ4n) is 1.44. The third-order valence-electron chi connectivity index (χ3n) is 2.28. The van der Waals surface area contributed by atoms with Gasteiger partial charge in [0.15, 0.2) is 0 Å². The lowest BCUT2D eigenvalue weighted by molar-refractivity contribution is 0.682. The van der Waals surface area contributed by atoms with Crippen LogP contribution in [0.15, 0.2) is 43.2 Å². The molecule has 2 rings (SSSR count). The molecule has 0 spiro atoms. The molecule has 82 valence electrons. The molecule has 0 saturated carbocycles. The zero-order valence-corrected chi connectivity index (χ0v) is 9.00. The average molecular weight is 214 g/mol. The Morgan fingerprint density at radius 2 is 1.69 bits per heavy atom. The average Bonchev–Trinajstić information content (AvgIpc) is 2.37. The molecule has 0 aliphatic carbocycles. The van der Waals surface area contributed by atoms with Crippen molar-refractivity contribution in [2.45, 2.75) is 13.0 Å². The first-order chi connectivity index (χ1) is 7.95. The van der Waals surface area contributed by atoms with Crippen LogP contribution in [0.25, 0.3) is 0 Å². The molecule has 0 aliphatic rings. The van der Waals surface area contributed by atoms with Gasteiger partial charge in [0, 0.05) is 36.9 Å². The van der Waals surface area contributed by atoms with E-state index in [4.69, 9.17) is 0 Å². The maximum Gasteiger partial charge on any atom is 0.115 e. The van der Waals surface area contributed by atoms with E-state index in [0.29, 0.717) is 0 Å². The molecule has 4 nitrogen and oxygen atoms in total. The highest BCUT2D eigenvalue weighted by Crippen LogP contribution is 1.97. The molecule has 4 heteroatoms. The van der Waals surface area contributed by atoms with Gasteiger partial charge in [-0.3, -0.25) is 4.98 Å². The van der Waals surface area contributed by atoms with E-state index in [1.54, 1.807) is 6.33 Å². The summed E-state index contributed by atoms with van der Waals surface area (Å²) in [5.74, 6) is 0. The van der Waals surface area contributed by atoms with E-state index in [-0.39, 0.29) is 0 Å². The number of rotatable bonds is 5. The number of aromatic nitrogens is 3. The number of hydrogen-bond donors (Lipinski definition) is 1. The van der Waals surface area contributed by atoms with Gasteiger partial charge in [-0.25, -0.2) is 9.97 Å². The predicted octanol–water partition coefficient (Wildman–Crippen LogP) is 1.20. The Morgan fingerprint density at radius 1 is 0.938 bits per heavy atom. The highest BCUT2D eigenvalue weighted by Gasteiger charge is 1.93. The Kier molecular flexibility index (Phi) is 3.96. The van der Waals surface area contributed by atoms with Gasteiger partial charge < -0.3 is 5.32 Å². The Balaban J connectivity index is 1.70. The molecule has 2 aromatic rings. The minimum absolute atomic E-state index is 0.811. The van der Waals surface area contributed by atoms with Gasteiger partial charge in [-0.15, -0.1) is 0 Å². The molecular weight excluding hydrogens is 200 g/mol. The van der Waals surface area contributed by atoms with Crippen molar-refractivity contribution in [1.29, 1.82) is 0 Å². The summed E-state index contributed by atoms with van der Waals surface area (Å²) in [5.41, 5.74) is 2.41. The third-order valence-corrected chi connectivity index (χ3v) is 2.28. The molecule has 16 heavy (non-hydrogen) atoms. The van der Waals surface area contributed by atoms with Crippen molar-refractivity contribution in [3.8, 4) is 0 Å². The van der Waals surface area contributed by atoms with Gasteiger partial charge in [-0.05, 0) is 30.7 Å². The Labute approximate surface area is 94.8 Å². The van der Waals surface area contributed by atoms with Crippen LogP contribution in [0, 0.1) is 0 Å². The summed E-state index contributed by atoms with van der Waals surface area (Å²) in [4.78, 5) is 11.9. The van der Waals surface area contributed by atoms with Crippen molar-refractivity contribution in [1.82, 2.24) is 20.3 Å². The van der Waals surface area contributed by atoms with Crippen LogP contribution in [0.1, 0.15) is 11.1 Å². The minimum atomic E-state index is 0.811. The van der Waals surface area contributed by atoms with Gasteiger partial charge in [0.2, 0.25) is 0 Å². The first kappa shape index (κ1) is 10.7. The maximum atomic E-state index is 3.98. The van der Waals surface area contributed by atoms with Gasteiger partial charge >= 0.3 is 0 Å². The molecule has 0 aromatic carbocycles. The summed E-state index contributed by atoms with van der Waals surface area (Å²) in [7, 11) is 0. The SMILES string of the molecule is c1cc(CCNCc2cncnc2)ccn1. The second-order valence-electron chi connectivity index (χ2n) is 3.53. The minimum Gasteiger partial charge on any atom is -0.312 e. The van der Waals surface area contributed by atoms with Crippen molar-refractivity contribution in [2.75, 3.05) is 6.54 Å². The molecule has 0 aliphatic heterocycles. The zero-order chi connectivity index (χ0) is 11.1. The van der Waals surface area contributed by atoms with Crippen LogP contribution in [0.3, 0.4) is 0 Å². The maximum absolute atomic E-state index is 3.98. The lowest BCUT2D eigenvalue weighted by atomic mass is 10.2. The topological polar surface area (TPSA) is 50.7 Å². The first-order valence-electron chi connectivity index (χ1n) is 5.28. The summed E-state index contributed by atoms with van der Waals surface area (Å²) in [5, 5.41) is 3.35. The zero-order valence-electron chi connectivity index (χ0n) is 9.00. The van der Waals surface area contributed by atoms with Gasteiger partial charge in [-0.1, -0.05) is 0 Å². The molecule has 0 saturated heterocycles. The normalized spacial score (nSPS) is 10.2. The predicted molar refractivity (Wildman–Crippen MR) is 61.7 cm³/mol. The van der Waals surface area contributed by atoms with E-state index in [9.17, 15) is 0 Å². The third kappa shape index (κ3) is 3.40. The van der Waals surface area contributed by atoms with Crippen LogP contribution < -0.4 is 5.32 Å². The van der Waals surface area contributed by atoms with Crippen molar-refractivity contribution in [3.63, 3.8) is 0 Å². The second-order valence-corrected chi connectivity index (χ2v) is 3.53. The molecule has 0 atom stereocenters. The number of nitrogens with one attached hydrogen (secondary N) is 1. The van der Waals surface area contributed by atoms with Crippen molar-refractivity contribution in [2.24, 2.45) is 0 Å². The summed E-state index contributed by atoms with van der Waals surface area (Å²) in [6.45, 7) is 1.75. The quantitative estimate of drug-likeness (QED) is 0.760. The first-order valence-corrected chi connectivity index (χ1v) is 5.28. The largest absolute Gasteiger partial charge is 0.312 e. The number of hydrogen-bond acceptors (Lipinski definition) is 4. The highest BCUT2D eigenvalue weighted by atomic mass is 14.9. The fourth-order valence-corrected chi connectivity index (χ4v) is 1.44. The van der Waals surface area contributed by atoms with Crippen LogP contribution in [-0.2, 0) is 13.0 Å². The van der Waals surface area contributed by atoms with E-state index in [1.165, 1.54) is 5.56 Å². The van der Waals surface area contributed by atoms with Crippen LogP contribution in [0.4, 0.5) is 0 Å². The monoisotopic (exact) mass is 214 g/mol. The van der Waals surface area contributed by atoms with Gasteiger partial charge in [0.1, 0.15) is 6.33 Å². The molecule has 2 heterocycles. The number of nitrogens with zero attached hydrogens (tertiary/aromatic N) is 3. The summed E-state index contributed by atoms with van der Waals surface area (Å²) in [6, 6.07) is 4.07. The van der Waals surface area contributed by atoms with Crippen LogP contribution in [-0.4, -0.2) is 21.5 Å². The molecule has 2 aromatic heterocycles. The van der Waals surface area contributed by atoms with E-state index in [2.05, 4.69) is 20.3 Å². The highest BCUT2D eigenvalue weighted by molar-refractivity contribution is 5.10. The van der Waals surface area contributed by atoms with Gasteiger partial charge in [0.05, 0.1) is 0 Å².